The normalized spacial score (nSPS) is 31.6. The zero-order valence-corrected chi connectivity index (χ0v) is 14.0. The monoisotopic (exact) mass is 282 g/mol. The Labute approximate surface area is 125 Å². The number of nitrogens with one attached hydrogen (secondary N) is 1. The van der Waals surface area contributed by atoms with Gasteiger partial charge in [-0.05, 0) is 43.1 Å². The molecule has 0 aromatic rings. The van der Waals surface area contributed by atoms with Gasteiger partial charge < -0.3 is 15.0 Å². The van der Waals surface area contributed by atoms with E-state index in [1.807, 2.05) is 0 Å². The molecule has 2 heterocycles. The maximum absolute atomic E-state index is 5.61. The predicted molar refractivity (Wildman–Crippen MR) is 85.0 cm³/mol. The van der Waals surface area contributed by atoms with Crippen molar-refractivity contribution < 1.29 is 4.74 Å². The number of ether oxygens (including phenoxy) is 1. The van der Waals surface area contributed by atoms with Crippen molar-refractivity contribution >= 4 is 0 Å². The molecule has 2 rings (SSSR count). The van der Waals surface area contributed by atoms with Gasteiger partial charge >= 0.3 is 0 Å². The van der Waals surface area contributed by atoms with Crippen LogP contribution in [-0.2, 0) is 4.74 Å². The zero-order chi connectivity index (χ0) is 14.6. The minimum atomic E-state index is 0.433. The van der Waals surface area contributed by atoms with E-state index >= 15 is 0 Å². The topological polar surface area (TPSA) is 24.5 Å². The fourth-order valence-corrected chi connectivity index (χ4v) is 3.58. The van der Waals surface area contributed by atoms with E-state index in [0.717, 1.165) is 31.6 Å². The summed E-state index contributed by atoms with van der Waals surface area (Å²) in [6, 6.07) is 0.579. The van der Waals surface area contributed by atoms with Crippen LogP contribution in [0.4, 0.5) is 0 Å². The van der Waals surface area contributed by atoms with Crippen LogP contribution in [-0.4, -0.2) is 50.3 Å². The lowest BCUT2D eigenvalue weighted by Crippen LogP contribution is -2.51. The third-order valence-corrected chi connectivity index (χ3v) is 5.42. The van der Waals surface area contributed by atoms with Gasteiger partial charge in [0.2, 0.25) is 0 Å². The van der Waals surface area contributed by atoms with Crippen molar-refractivity contribution in [3.05, 3.63) is 0 Å². The molecule has 0 aromatic carbocycles. The molecule has 1 N–H and O–H groups in total. The minimum absolute atomic E-state index is 0.433. The Kier molecular flexibility index (Phi) is 5.88. The van der Waals surface area contributed by atoms with E-state index in [4.69, 9.17) is 4.74 Å². The number of hydrogen-bond acceptors (Lipinski definition) is 3. The van der Waals surface area contributed by atoms with Crippen LogP contribution in [0, 0.1) is 17.3 Å². The van der Waals surface area contributed by atoms with Gasteiger partial charge in [0.15, 0.2) is 0 Å². The SMILES string of the molecule is CC(C)NCC1(CN2CCC(C)C(C)C2)CCOCC1. The third-order valence-electron chi connectivity index (χ3n) is 5.42. The summed E-state index contributed by atoms with van der Waals surface area (Å²) < 4.78 is 5.61. The second-order valence-corrected chi connectivity index (χ2v) is 7.63. The Bertz CT molecular complexity index is 287. The van der Waals surface area contributed by atoms with Gasteiger partial charge in [-0.2, -0.15) is 0 Å². The summed E-state index contributed by atoms with van der Waals surface area (Å²) in [5.74, 6) is 1.74. The fourth-order valence-electron chi connectivity index (χ4n) is 3.58. The molecule has 0 amide bonds. The zero-order valence-electron chi connectivity index (χ0n) is 14.0. The van der Waals surface area contributed by atoms with Crippen LogP contribution in [0.2, 0.25) is 0 Å². The first kappa shape index (κ1) is 16.3. The maximum Gasteiger partial charge on any atom is 0.0472 e. The summed E-state index contributed by atoms with van der Waals surface area (Å²) in [5.41, 5.74) is 0.433. The Morgan fingerprint density at radius 3 is 2.50 bits per heavy atom. The van der Waals surface area contributed by atoms with Crippen LogP contribution in [0.3, 0.4) is 0 Å². The van der Waals surface area contributed by atoms with Gasteiger partial charge in [-0.3, -0.25) is 0 Å². The average Bonchev–Trinajstić information content (AvgIpc) is 2.42. The highest BCUT2D eigenvalue weighted by Gasteiger charge is 2.36. The number of hydrogen-bond donors (Lipinski definition) is 1. The quantitative estimate of drug-likeness (QED) is 0.839. The molecular weight excluding hydrogens is 248 g/mol. The van der Waals surface area contributed by atoms with Gasteiger partial charge in [0.25, 0.3) is 0 Å². The molecule has 0 spiro atoms. The van der Waals surface area contributed by atoms with Crippen LogP contribution in [0.25, 0.3) is 0 Å². The van der Waals surface area contributed by atoms with E-state index in [1.54, 1.807) is 0 Å². The molecule has 3 nitrogen and oxygen atoms in total. The fraction of sp³-hybridized carbons (Fsp3) is 1.00. The molecule has 0 saturated carbocycles. The molecule has 118 valence electrons. The Morgan fingerprint density at radius 2 is 1.90 bits per heavy atom. The lowest BCUT2D eigenvalue weighted by molar-refractivity contribution is -0.0149. The number of nitrogens with zero attached hydrogens (tertiary/aromatic N) is 1. The first-order valence-corrected chi connectivity index (χ1v) is 8.54. The molecule has 0 radical (unpaired) electrons. The molecule has 20 heavy (non-hydrogen) atoms. The van der Waals surface area contributed by atoms with E-state index in [2.05, 4.69) is 37.9 Å². The standard InChI is InChI=1S/C17H34N2O/c1-14(2)18-12-17(6-9-20-10-7-17)13-19-8-5-15(3)16(4)11-19/h14-16,18H,5-13H2,1-4H3. The van der Waals surface area contributed by atoms with Gasteiger partial charge in [0, 0.05) is 38.9 Å². The van der Waals surface area contributed by atoms with Crippen molar-refractivity contribution in [2.45, 2.75) is 53.0 Å². The van der Waals surface area contributed by atoms with Crippen molar-refractivity contribution in [1.82, 2.24) is 10.2 Å². The largest absolute Gasteiger partial charge is 0.381 e. The Morgan fingerprint density at radius 1 is 1.20 bits per heavy atom. The van der Waals surface area contributed by atoms with Crippen LogP contribution in [0.1, 0.15) is 47.0 Å². The summed E-state index contributed by atoms with van der Waals surface area (Å²) in [5, 5.41) is 3.68. The molecule has 2 aliphatic heterocycles. The first-order valence-electron chi connectivity index (χ1n) is 8.54. The molecule has 2 aliphatic rings. The van der Waals surface area contributed by atoms with Crippen molar-refractivity contribution in [2.75, 3.05) is 39.4 Å². The second kappa shape index (κ2) is 7.24. The van der Waals surface area contributed by atoms with Gasteiger partial charge in [-0.25, -0.2) is 0 Å². The van der Waals surface area contributed by atoms with Crippen molar-refractivity contribution in [2.24, 2.45) is 17.3 Å². The molecule has 0 aliphatic carbocycles. The van der Waals surface area contributed by atoms with Gasteiger partial charge in [-0.15, -0.1) is 0 Å². The lowest BCUT2D eigenvalue weighted by atomic mass is 9.78. The smallest absolute Gasteiger partial charge is 0.0472 e. The second-order valence-electron chi connectivity index (χ2n) is 7.63. The van der Waals surface area contributed by atoms with Crippen LogP contribution >= 0.6 is 0 Å². The summed E-state index contributed by atoms with van der Waals surface area (Å²) in [6.07, 6.45) is 3.80. The van der Waals surface area contributed by atoms with E-state index in [9.17, 15) is 0 Å². The van der Waals surface area contributed by atoms with Gasteiger partial charge in [0.05, 0.1) is 0 Å². The Balaban J connectivity index is 1.93. The highest BCUT2D eigenvalue weighted by molar-refractivity contribution is 4.89. The summed E-state index contributed by atoms with van der Waals surface area (Å²) in [7, 11) is 0. The summed E-state index contributed by atoms with van der Waals surface area (Å²) in [4.78, 5) is 2.72. The number of rotatable bonds is 5. The third kappa shape index (κ3) is 4.44. The highest BCUT2D eigenvalue weighted by Crippen LogP contribution is 2.33. The lowest BCUT2D eigenvalue weighted by Gasteiger charge is -2.44. The van der Waals surface area contributed by atoms with Crippen LogP contribution < -0.4 is 5.32 Å². The van der Waals surface area contributed by atoms with Crippen molar-refractivity contribution in [3.63, 3.8) is 0 Å². The van der Waals surface area contributed by atoms with Crippen LogP contribution in [0.5, 0.6) is 0 Å². The number of likely N-dealkylation sites (tertiary alicyclic amines) is 1. The summed E-state index contributed by atoms with van der Waals surface area (Å²) >= 11 is 0. The van der Waals surface area contributed by atoms with Gasteiger partial charge in [0.1, 0.15) is 0 Å². The van der Waals surface area contributed by atoms with E-state index in [0.29, 0.717) is 11.5 Å². The van der Waals surface area contributed by atoms with Crippen molar-refractivity contribution in [1.29, 1.82) is 0 Å². The molecule has 2 fully saturated rings. The molecule has 0 bridgehead atoms. The highest BCUT2D eigenvalue weighted by atomic mass is 16.5. The molecule has 2 unspecified atom stereocenters. The predicted octanol–water partition coefficient (Wildman–Crippen LogP) is 2.76. The van der Waals surface area contributed by atoms with E-state index in [1.165, 1.54) is 38.9 Å². The molecule has 2 saturated heterocycles. The van der Waals surface area contributed by atoms with Crippen LogP contribution in [0.15, 0.2) is 0 Å². The summed E-state index contributed by atoms with van der Waals surface area (Å²) in [6.45, 7) is 16.2. The van der Waals surface area contributed by atoms with Gasteiger partial charge in [-0.1, -0.05) is 27.7 Å². The Hall–Kier alpha value is -0.120. The minimum Gasteiger partial charge on any atom is -0.381 e. The molecule has 0 aromatic heterocycles. The number of piperidine rings is 1. The van der Waals surface area contributed by atoms with E-state index in [-0.39, 0.29) is 0 Å². The molecule has 2 atom stereocenters. The maximum atomic E-state index is 5.61. The molecular formula is C17H34N2O. The average molecular weight is 282 g/mol. The van der Waals surface area contributed by atoms with E-state index < -0.39 is 0 Å². The molecule has 3 heteroatoms. The van der Waals surface area contributed by atoms with Crippen molar-refractivity contribution in [3.8, 4) is 0 Å². The first-order chi connectivity index (χ1) is 9.51.